The molecule has 2 rings (SSSR count). The van der Waals surface area contributed by atoms with Crippen molar-refractivity contribution in [1.29, 1.82) is 0 Å². The first-order chi connectivity index (χ1) is 14.2. The van der Waals surface area contributed by atoms with Gasteiger partial charge in [0.05, 0.1) is 38.6 Å². The quantitative estimate of drug-likeness (QED) is 0.324. The van der Waals surface area contributed by atoms with Gasteiger partial charge in [-0.25, -0.2) is 0 Å². The van der Waals surface area contributed by atoms with Gasteiger partial charge in [0.25, 0.3) is 0 Å². The van der Waals surface area contributed by atoms with Crippen LogP contribution in [0.3, 0.4) is 0 Å². The van der Waals surface area contributed by atoms with E-state index in [9.17, 15) is 9.13 Å². The van der Waals surface area contributed by atoms with Gasteiger partial charge in [0.2, 0.25) is 0 Å². The highest BCUT2D eigenvalue weighted by molar-refractivity contribution is 7.72. The largest absolute Gasteiger partial charge is 0.345 e. The maximum absolute atomic E-state index is 13.9. The summed E-state index contributed by atoms with van der Waals surface area (Å²) in [5.74, 6) is -0.894. The van der Waals surface area contributed by atoms with Gasteiger partial charge in [-0.2, -0.15) is 0 Å². The van der Waals surface area contributed by atoms with Gasteiger partial charge >= 0.3 is 15.2 Å². The van der Waals surface area contributed by atoms with Crippen LogP contribution in [0.4, 0.5) is 0 Å². The number of hydrogen-bond acceptors (Lipinski definition) is 8. The standard InChI is InChI=1S/C20H40O8P2/c1-7-23-29(21,24-8-2)19(30(22,25-9-3)26-10-4)15-18-13-11-12-14-20(18)27-16(5)17(6)28-20/h16-19H,7-15H2,1-6H3/t16-,17-,18+/m0/s1. The van der Waals surface area contributed by atoms with Crippen LogP contribution in [-0.2, 0) is 36.7 Å². The van der Waals surface area contributed by atoms with E-state index in [0.29, 0.717) is 0 Å². The van der Waals surface area contributed by atoms with Gasteiger partial charge in [-0.15, -0.1) is 0 Å². The molecule has 10 heteroatoms. The zero-order chi connectivity index (χ0) is 22.4. The van der Waals surface area contributed by atoms with Gasteiger partial charge < -0.3 is 27.6 Å². The van der Waals surface area contributed by atoms with Crippen molar-refractivity contribution in [2.24, 2.45) is 5.92 Å². The summed E-state index contributed by atoms with van der Waals surface area (Å²) >= 11 is 0. The molecular weight excluding hydrogens is 430 g/mol. The molecule has 0 unspecified atom stereocenters. The first-order valence-electron chi connectivity index (χ1n) is 11.3. The molecule has 2 aliphatic rings. The molecule has 1 aliphatic heterocycles. The van der Waals surface area contributed by atoms with Gasteiger partial charge in [0.15, 0.2) is 11.2 Å². The van der Waals surface area contributed by atoms with Crippen molar-refractivity contribution >= 4 is 15.2 Å². The van der Waals surface area contributed by atoms with E-state index in [1.807, 2.05) is 13.8 Å². The van der Waals surface area contributed by atoms with Crippen molar-refractivity contribution in [3.8, 4) is 0 Å². The average Bonchev–Trinajstić information content (AvgIpc) is 2.95. The Morgan fingerprint density at radius 3 is 1.67 bits per heavy atom. The molecule has 8 nitrogen and oxygen atoms in total. The Morgan fingerprint density at radius 2 is 1.27 bits per heavy atom. The lowest BCUT2D eigenvalue weighted by atomic mass is 9.81. The van der Waals surface area contributed by atoms with Crippen molar-refractivity contribution in [2.45, 2.75) is 97.0 Å². The molecule has 1 heterocycles. The normalized spacial score (nSPS) is 27.2. The Kier molecular flexibility index (Phi) is 10.0. The lowest BCUT2D eigenvalue weighted by Crippen LogP contribution is -2.44. The Hall–Kier alpha value is 0.220. The van der Waals surface area contributed by atoms with Gasteiger partial charge in [0.1, 0.15) is 0 Å². The second kappa shape index (κ2) is 11.4. The molecule has 0 radical (unpaired) electrons. The molecule has 0 N–H and O–H groups in total. The molecule has 2 fully saturated rings. The maximum Gasteiger partial charge on any atom is 0.345 e. The number of hydrogen-bond donors (Lipinski definition) is 0. The molecule has 0 aromatic heterocycles. The maximum atomic E-state index is 13.9. The van der Waals surface area contributed by atoms with Crippen molar-refractivity contribution in [1.82, 2.24) is 0 Å². The third-order valence-electron chi connectivity index (χ3n) is 5.84. The van der Waals surface area contributed by atoms with Gasteiger partial charge in [0, 0.05) is 12.3 Å². The Labute approximate surface area is 181 Å². The van der Waals surface area contributed by atoms with Crippen molar-refractivity contribution < 1.29 is 36.7 Å². The van der Waals surface area contributed by atoms with E-state index < -0.39 is 26.4 Å². The van der Waals surface area contributed by atoms with Crippen LogP contribution >= 0.6 is 15.2 Å². The summed E-state index contributed by atoms with van der Waals surface area (Å²) in [6.07, 6.45) is 3.72. The minimum Gasteiger partial charge on any atom is -0.344 e. The lowest BCUT2D eigenvalue weighted by molar-refractivity contribution is -0.226. The van der Waals surface area contributed by atoms with E-state index in [2.05, 4.69) is 0 Å². The molecule has 178 valence electrons. The molecule has 0 aromatic carbocycles. The van der Waals surface area contributed by atoms with E-state index in [-0.39, 0.29) is 51.0 Å². The smallest absolute Gasteiger partial charge is 0.344 e. The van der Waals surface area contributed by atoms with Gasteiger partial charge in [-0.05, 0) is 60.8 Å². The summed E-state index contributed by atoms with van der Waals surface area (Å²) in [5, 5.41) is -1.04. The van der Waals surface area contributed by atoms with Crippen molar-refractivity contribution in [3.63, 3.8) is 0 Å². The summed E-state index contributed by atoms with van der Waals surface area (Å²) in [4.78, 5) is 0. The van der Waals surface area contributed by atoms with Gasteiger partial charge in [-0.3, -0.25) is 9.13 Å². The predicted octanol–water partition coefficient (Wildman–Crippen LogP) is 5.95. The molecule has 1 spiro atoms. The number of ether oxygens (including phenoxy) is 2. The minimum atomic E-state index is -3.79. The second-order valence-electron chi connectivity index (χ2n) is 7.87. The first-order valence-corrected chi connectivity index (χ1v) is 14.6. The summed E-state index contributed by atoms with van der Waals surface area (Å²) in [5.41, 5.74) is 0. The van der Waals surface area contributed by atoms with E-state index in [4.69, 9.17) is 27.6 Å². The summed E-state index contributed by atoms with van der Waals surface area (Å²) in [6, 6.07) is 0. The fraction of sp³-hybridized carbons (Fsp3) is 1.00. The third kappa shape index (κ3) is 5.77. The lowest BCUT2D eigenvalue weighted by Gasteiger charge is -2.42. The van der Waals surface area contributed by atoms with E-state index in [1.165, 1.54) is 0 Å². The topological polar surface area (TPSA) is 89.5 Å². The summed E-state index contributed by atoms with van der Waals surface area (Å²) < 4.78 is 62.8. The minimum absolute atomic E-state index is 0.0415. The second-order valence-corrected chi connectivity index (χ2v) is 12.7. The van der Waals surface area contributed by atoms with Crippen LogP contribution < -0.4 is 0 Å². The monoisotopic (exact) mass is 470 g/mol. The summed E-state index contributed by atoms with van der Waals surface area (Å²) in [7, 11) is -7.58. The molecule has 30 heavy (non-hydrogen) atoms. The Balaban J connectivity index is 2.45. The van der Waals surface area contributed by atoms with Crippen LogP contribution in [0.5, 0.6) is 0 Å². The molecule has 1 aliphatic carbocycles. The molecule has 0 bridgehead atoms. The van der Waals surface area contributed by atoms with Crippen molar-refractivity contribution in [3.05, 3.63) is 0 Å². The van der Waals surface area contributed by atoms with E-state index in [1.54, 1.807) is 27.7 Å². The van der Waals surface area contributed by atoms with Crippen LogP contribution in [0.15, 0.2) is 0 Å². The molecular formula is C20H40O8P2. The Bertz CT molecular complexity index is 568. The highest BCUT2D eigenvalue weighted by atomic mass is 31.2. The van der Waals surface area contributed by atoms with E-state index in [0.717, 1.165) is 25.7 Å². The Morgan fingerprint density at radius 1 is 0.833 bits per heavy atom. The molecule has 0 amide bonds. The van der Waals surface area contributed by atoms with Crippen LogP contribution in [0.25, 0.3) is 0 Å². The summed E-state index contributed by atoms with van der Waals surface area (Å²) in [6.45, 7) is 11.6. The average molecular weight is 470 g/mol. The van der Waals surface area contributed by atoms with Crippen LogP contribution in [-0.4, -0.2) is 49.8 Å². The highest BCUT2D eigenvalue weighted by Crippen LogP contribution is 2.72. The fourth-order valence-corrected chi connectivity index (χ4v) is 9.95. The molecule has 0 aromatic rings. The van der Waals surface area contributed by atoms with E-state index >= 15 is 0 Å². The molecule has 1 saturated heterocycles. The van der Waals surface area contributed by atoms with Crippen LogP contribution in [0.2, 0.25) is 0 Å². The fourth-order valence-electron chi connectivity index (χ4n) is 4.47. The molecule has 3 atom stereocenters. The zero-order valence-electron chi connectivity index (χ0n) is 19.3. The molecule has 1 saturated carbocycles. The predicted molar refractivity (Wildman–Crippen MR) is 116 cm³/mol. The van der Waals surface area contributed by atoms with Crippen LogP contribution in [0, 0.1) is 5.92 Å². The first kappa shape index (κ1) is 26.5. The van der Waals surface area contributed by atoms with Gasteiger partial charge in [-0.1, -0.05) is 6.42 Å². The SMILES string of the molecule is CCOP(=O)(OCC)C(C[C@H]1CCCCC12O[C@@H](C)[C@H](C)O2)P(=O)(OCC)OCC. The zero-order valence-corrected chi connectivity index (χ0v) is 21.1. The number of rotatable bonds is 12. The van der Waals surface area contributed by atoms with Crippen LogP contribution in [0.1, 0.15) is 73.6 Å². The third-order valence-corrected chi connectivity index (χ3v) is 11.9. The van der Waals surface area contributed by atoms with Crippen molar-refractivity contribution in [2.75, 3.05) is 26.4 Å². The highest BCUT2D eigenvalue weighted by Gasteiger charge is 2.57.